The van der Waals surface area contributed by atoms with Crippen LogP contribution >= 0.6 is 0 Å². The summed E-state index contributed by atoms with van der Waals surface area (Å²) in [5.74, 6) is -0.329. The zero-order valence-electron chi connectivity index (χ0n) is 10.8. The summed E-state index contributed by atoms with van der Waals surface area (Å²) in [5.41, 5.74) is 5.74. The third-order valence-electron chi connectivity index (χ3n) is 2.82. The molecule has 0 saturated heterocycles. The van der Waals surface area contributed by atoms with Crippen molar-refractivity contribution in [2.75, 3.05) is 19.6 Å². The lowest BCUT2D eigenvalue weighted by molar-refractivity contribution is 0.0740. The molecule has 0 fully saturated rings. The van der Waals surface area contributed by atoms with Gasteiger partial charge in [0.2, 0.25) is 0 Å². The van der Waals surface area contributed by atoms with Gasteiger partial charge in [0.05, 0.1) is 5.56 Å². The number of benzene rings is 1. The highest BCUT2D eigenvalue weighted by molar-refractivity contribution is 5.97. The number of rotatable bonds is 5. The molecule has 1 atom stereocenters. The van der Waals surface area contributed by atoms with Gasteiger partial charge in [-0.05, 0) is 31.5 Å². The number of carbonyl (C=O) groups is 1. The molecule has 1 aromatic carbocycles. The van der Waals surface area contributed by atoms with E-state index in [0.717, 1.165) is 6.07 Å². The van der Waals surface area contributed by atoms with Gasteiger partial charge in [-0.25, -0.2) is 0 Å². The summed E-state index contributed by atoms with van der Waals surface area (Å²) in [4.78, 5) is 13.8. The Morgan fingerprint density at radius 3 is 2.61 bits per heavy atom. The van der Waals surface area contributed by atoms with Crippen molar-refractivity contribution >= 4 is 5.91 Å². The van der Waals surface area contributed by atoms with E-state index < -0.39 is 0 Å². The van der Waals surface area contributed by atoms with Gasteiger partial charge in [0.15, 0.2) is 0 Å². The van der Waals surface area contributed by atoms with Crippen LogP contribution in [0.4, 0.5) is 0 Å². The van der Waals surface area contributed by atoms with Gasteiger partial charge in [0.25, 0.3) is 5.91 Å². The second-order valence-corrected chi connectivity index (χ2v) is 4.39. The Morgan fingerprint density at radius 1 is 1.44 bits per heavy atom. The van der Waals surface area contributed by atoms with Crippen LogP contribution in [-0.2, 0) is 0 Å². The van der Waals surface area contributed by atoms with Gasteiger partial charge >= 0.3 is 0 Å². The standard InChI is InChI=1S/C13H20N2O3/c1-3-15(8-9(2)7-14)13(18)11-5-4-10(16)6-12(11)17/h4-6,9,16-17H,3,7-8,14H2,1-2H3. The SMILES string of the molecule is CCN(CC(C)CN)C(=O)c1ccc(O)cc1O. The minimum Gasteiger partial charge on any atom is -0.508 e. The van der Waals surface area contributed by atoms with E-state index in [1.807, 2.05) is 13.8 Å². The minimum atomic E-state index is -0.254. The van der Waals surface area contributed by atoms with E-state index in [1.165, 1.54) is 12.1 Å². The fourth-order valence-electron chi connectivity index (χ4n) is 1.68. The average Bonchev–Trinajstić information content (AvgIpc) is 2.34. The first-order valence-corrected chi connectivity index (χ1v) is 6.00. The lowest BCUT2D eigenvalue weighted by Crippen LogP contribution is -2.36. The van der Waals surface area contributed by atoms with Crippen LogP contribution in [-0.4, -0.2) is 40.7 Å². The number of aromatic hydroxyl groups is 2. The summed E-state index contributed by atoms with van der Waals surface area (Å²) >= 11 is 0. The highest BCUT2D eigenvalue weighted by atomic mass is 16.3. The lowest BCUT2D eigenvalue weighted by atomic mass is 10.1. The first-order chi connectivity index (χ1) is 8.49. The molecule has 5 nitrogen and oxygen atoms in total. The molecule has 0 spiro atoms. The molecular weight excluding hydrogens is 232 g/mol. The Bertz CT molecular complexity index is 421. The Kier molecular flexibility index (Phi) is 4.97. The summed E-state index contributed by atoms with van der Waals surface area (Å²) in [5, 5.41) is 18.9. The molecule has 0 aliphatic rings. The van der Waals surface area contributed by atoms with Gasteiger partial charge in [-0.15, -0.1) is 0 Å². The van der Waals surface area contributed by atoms with Crippen molar-refractivity contribution in [1.29, 1.82) is 0 Å². The van der Waals surface area contributed by atoms with Gasteiger partial charge in [-0.1, -0.05) is 6.92 Å². The number of carbonyl (C=O) groups excluding carboxylic acids is 1. The van der Waals surface area contributed by atoms with Gasteiger partial charge < -0.3 is 20.8 Å². The van der Waals surface area contributed by atoms with Crippen LogP contribution in [0.2, 0.25) is 0 Å². The van der Waals surface area contributed by atoms with E-state index in [2.05, 4.69) is 0 Å². The van der Waals surface area contributed by atoms with E-state index >= 15 is 0 Å². The van der Waals surface area contributed by atoms with Crippen LogP contribution in [0, 0.1) is 5.92 Å². The molecule has 0 aromatic heterocycles. The normalized spacial score (nSPS) is 12.2. The molecule has 1 amide bonds. The van der Waals surface area contributed by atoms with Crippen LogP contribution in [0.15, 0.2) is 18.2 Å². The maximum Gasteiger partial charge on any atom is 0.257 e. The quantitative estimate of drug-likeness (QED) is 0.733. The van der Waals surface area contributed by atoms with Crippen molar-refractivity contribution in [2.45, 2.75) is 13.8 Å². The van der Waals surface area contributed by atoms with Crippen molar-refractivity contribution in [3.05, 3.63) is 23.8 Å². The maximum absolute atomic E-state index is 12.2. The predicted octanol–water partition coefficient (Wildman–Crippen LogP) is 1.15. The maximum atomic E-state index is 12.2. The minimum absolute atomic E-state index is 0.0672. The van der Waals surface area contributed by atoms with Crippen LogP contribution in [0.5, 0.6) is 11.5 Å². The van der Waals surface area contributed by atoms with Crippen molar-refractivity contribution in [3.63, 3.8) is 0 Å². The van der Waals surface area contributed by atoms with Gasteiger partial charge in [0, 0.05) is 19.2 Å². The van der Waals surface area contributed by atoms with Crippen LogP contribution in [0.25, 0.3) is 0 Å². The third-order valence-corrected chi connectivity index (χ3v) is 2.82. The molecule has 0 aliphatic carbocycles. The second kappa shape index (κ2) is 6.26. The first-order valence-electron chi connectivity index (χ1n) is 6.00. The Morgan fingerprint density at radius 2 is 2.11 bits per heavy atom. The van der Waals surface area contributed by atoms with E-state index in [1.54, 1.807) is 4.90 Å². The predicted molar refractivity (Wildman–Crippen MR) is 69.6 cm³/mol. The summed E-state index contributed by atoms with van der Waals surface area (Å²) in [6.45, 7) is 5.44. The van der Waals surface area contributed by atoms with E-state index in [0.29, 0.717) is 19.6 Å². The number of hydrogen-bond donors (Lipinski definition) is 3. The molecule has 100 valence electrons. The molecule has 0 heterocycles. The molecule has 0 radical (unpaired) electrons. The number of hydrogen-bond acceptors (Lipinski definition) is 4. The Hall–Kier alpha value is -1.75. The van der Waals surface area contributed by atoms with E-state index in [9.17, 15) is 15.0 Å². The van der Waals surface area contributed by atoms with Crippen LogP contribution in [0.3, 0.4) is 0 Å². The molecule has 1 rings (SSSR count). The number of phenolic OH excluding ortho intramolecular Hbond substituents is 2. The summed E-state index contributed by atoms with van der Waals surface area (Å²) in [7, 11) is 0. The van der Waals surface area contributed by atoms with E-state index in [4.69, 9.17) is 5.73 Å². The lowest BCUT2D eigenvalue weighted by Gasteiger charge is -2.24. The highest BCUT2D eigenvalue weighted by Gasteiger charge is 2.19. The zero-order valence-corrected chi connectivity index (χ0v) is 10.8. The molecule has 1 aromatic rings. The first kappa shape index (κ1) is 14.3. The largest absolute Gasteiger partial charge is 0.508 e. The number of phenols is 2. The molecule has 0 aliphatic heterocycles. The molecule has 0 saturated carbocycles. The summed E-state index contributed by atoms with van der Waals surface area (Å²) in [6, 6.07) is 3.96. The smallest absolute Gasteiger partial charge is 0.257 e. The Balaban J connectivity index is 2.89. The fourth-order valence-corrected chi connectivity index (χ4v) is 1.68. The van der Waals surface area contributed by atoms with Crippen LogP contribution in [0.1, 0.15) is 24.2 Å². The van der Waals surface area contributed by atoms with Gasteiger partial charge in [0.1, 0.15) is 11.5 Å². The van der Waals surface area contributed by atoms with Gasteiger partial charge in [-0.3, -0.25) is 4.79 Å². The number of nitrogens with two attached hydrogens (primary N) is 1. The third kappa shape index (κ3) is 3.37. The average molecular weight is 252 g/mol. The monoisotopic (exact) mass is 252 g/mol. The van der Waals surface area contributed by atoms with Crippen LogP contribution < -0.4 is 5.73 Å². The molecule has 4 N–H and O–H groups in total. The van der Waals surface area contributed by atoms with Crippen molar-refractivity contribution in [2.24, 2.45) is 11.7 Å². The van der Waals surface area contributed by atoms with Crippen molar-refractivity contribution in [1.82, 2.24) is 4.90 Å². The number of amides is 1. The molecule has 18 heavy (non-hydrogen) atoms. The van der Waals surface area contributed by atoms with E-state index in [-0.39, 0.29) is 28.9 Å². The molecule has 1 unspecified atom stereocenters. The van der Waals surface area contributed by atoms with Gasteiger partial charge in [-0.2, -0.15) is 0 Å². The van der Waals surface area contributed by atoms with Crippen molar-refractivity contribution < 1.29 is 15.0 Å². The zero-order chi connectivity index (χ0) is 13.7. The van der Waals surface area contributed by atoms with Crippen molar-refractivity contribution in [3.8, 4) is 11.5 Å². The summed E-state index contributed by atoms with van der Waals surface area (Å²) < 4.78 is 0. The highest BCUT2D eigenvalue weighted by Crippen LogP contribution is 2.24. The number of nitrogens with zero attached hydrogens (tertiary/aromatic N) is 1. The fraction of sp³-hybridized carbons (Fsp3) is 0.462. The molecular formula is C13H20N2O3. The molecule has 0 bridgehead atoms. The molecule has 5 heteroatoms. The topological polar surface area (TPSA) is 86.8 Å². The summed E-state index contributed by atoms with van der Waals surface area (Å²) in [6.07, 6.45) is 0. The second-order valence-electron chi connectivity index (χ2n) is 4.39. The Labute approximate surface area is 107 Å².